The van der Waals surface area contributed by atoms with Gasteiger partial charge in [-0.2, -0.15) is 15.3 Å². The number of pyridine rings is 1. The fourth-order valence-corrected chi connectivity index (χ4v) is 9.40. The van der Waals surface area contributed by atoms with E-state index in [1.165, 1.54) is 6.20 Å². The lowest BCUT2D eigenvalue weighted by Gasteiger charge is -2.38. The van der Waals surface area contributed by atoms with Crippen molar-refractivity contribution in [3.05, 3.63) is 72.3 Å². The number of ether oxygens (including phenoxy) is 1. The van der Waals surface area contributed by atoms with Gasteiger partial charge in [0.2, 0.25) is 0 Å². The Bertz CT molecular complexity index is 2670. The molecule has 17 nitrogen and oxygen atoms in total. The van der Waals surface area contributed by atoms with Crippen molar-refractivity contribution < 1.29 is 23.9 Å². The number of anilines is 2. The summed E-state index contributed by atoms with van der Waals surface area (Å²) in [5.74, 6) is -1.84. The molecule has 18 heteroatoms. The first-order chi connectivity index (χ1) is 30.5. The number of nitrogens with two attached hydrogens (primary N) is 2. The van der Waals surface area contributed by atoms with Crippen molar-refractivity contribution in [1.29, 1.82) is 0 Å². The number of likely N-dealkylation sites (tertiary alicyclic amines) is 2. The highest BCUT2D eigenvalue weighted by Crippen LogP contribution is 2.36. The number of nitrogens with zero attached hydrogens (tertiary/aromatic N) is 9. The summed E-state index contributed by atoms with van der Waals surface area (Å²) in [5.41, 5.74) is 16.1. The maximum Gasteiger partial charge on any atom is 0.314 e. The Morgan fingerprint density at radius 1 is 0.797 bits per heavy atom. The summed E-state index contributed by atoms with van der Waals surface area (Å²) in [4.78, 5) is 58.2. The van der Waals surface area contributed by atoms with Gasteiger partial charge in [0, 0.05) is 64.0 Å². The van der Waals surface area contributed by atoms with Gasteiger partial charge < -0.3 is 31.3 Å². The molecule has 2 fully saturated rings. The zero-order valence-corrected chi connectivity index (χ0v) is 39.1. The second kappa shape index (κ2) is 19.3. The summed E-state index contributed by atoms with van der Waals surface area (Å²) < 4.78 is 11.3. The van der Waals surface area contributed by atoms with Crippen molar-refractivity contribution in [2.75, 3.05) is 30.7 Å². The van der Waals surface area contributed by atoms with Gasteiger partial charge in [-0.3, -0.25) is 28.5 Å². The SMILES string of the molecule is CCn1cc2ccc([C@H]3CC[C@H](C)CN3C(=O)C(=O)Nc3cnc(N)c4cnn(COCC[Si](C)(C)C)c34)cc2n1.CCn1cc2ccc([C@H]3CC[C@H](C)CN3C(=O)C(N)=O)cc2n1. The van der Waals surface area contributed by atoms with Crippen LogP contribution in [0.25, 0.3) is 32.7 Å². The molecule has 2 aliphatic rings. The van der Waals surface area contributed by atoms with Crippen molar-refractivity contribution in [2.24, 2.45) is 17.6 Å². The molecule has 340 valence electrons. The van der Waals surface area contributed by atoms with Crippen LogP contribution in [0.3, 0.4) is 0 Å². The molecule has 2 saturated heterocycles. The smallest absolute Gasteiger partial charge is 0.314 e. The van der Waals surface area contributed by atoms with Crippen LogP contribution >= 0.6 is 0 Å². The number of rotatable bonds is 10. The van der Waals surface area contributed by atoms with Gasteiger partial charge in [0.1, 0.15) is 12.5 Å². The Labute approximate surface area is 374 Å². The number of carbonyl (C=O) groups excluding carboxylic acids is 4. The molecule has 0 radical (unpaired) electrons. The van der Waals surface area contributed by atoms with E-state index in [4.69, 9.17) is 16.2 Å². The molecule has 5 N–H and O–H groups in total. The van der Waals surface area contributed by atoms with E-state index in [1.807, 2.05) is 72.0 Å². The second-order valence-electron chi connectivity index (χ2n) is 18.5. The number of aromatic nitrogens is 7. The highest BCUT2D eigenvalue weighted by molar-refractivity contribution is 6.76. The van der Waals surface area contributed by atoms with E-state index in [-0.39, 0.29) is 24.7 Å². The van der Waals surface area contributed by atoms with Crippen LogP contribution in [-0.4, -0.2) is 95.5 Å². The lowest BCUT2D eigenvalue weighted by Crippen LogP contribution is -2.46. The van der Waals surface area contributed by atoms with E-state index >= 15 is 0 Å². The zero-order valence-electron chi connectivity index (χ0n) is 38.1. The minimum atomic E-state index is -1.24. The molecule has 0 spiro atoms. The Kier molecular flexibility index (Phi) is 13.8. The number of hydrogen-bond donors (Lipinski definition) is 3. The topological polar surface area (TPSA) is 214 Å². The van der Waals surface area contributed by atoms with Gasteiger partial charge in [-0.05, 0) is 80.7 Å². The van der Waals surface area contributed by atoms with E-state index in [0.29, 0.717) is 48.0 Å². The molecule has 4 amide bonds. The minimum absolute atomic E-state index is 0.109. The number of fused-ring (bicyclic) bond motifs is 3. The molecule has 6 heterocycles. The third kappa shape index (κ3) is 10.3. The molecule has 0 bridgehead atoms. The van der Waals surface area contributed by atoms with Crippen LogP contribution in [0.4, 0.5) is 11.5 Å². The van der Waals surface area contributed by atoms with Crippen LogP contribution in [0, 0.1) is 11.8 Å². The van der Waals surface area contributed by atoms with Crippen molar-refractivity contribution in [3.8, 4) is 0 Å². The molecule has 0 unspecified atom stereocenters. The van der Waals surface area contributed by atoms with E-state index in [2.05, 4.69) is 59.1 Å². The lowest BCUT2D eigenvalue weighted by molar-refractivity contribution is -0.147. The molecule has 0 aliphatic carbocycles. The van der Waals surface area contributed by atoms with Crippen LogP contribution < -0.4 is 16.8 Å². The highest BCUT2D eigenvalue weighted by atomic mass is 28.3. The average Bonchev–Trinajstić information content (AvgIpc) is 4.02. The van der Waals surface area contributed by atoms with Crippen LogP contribution in [0.1, 0.15) is 76.6 Å². The third-order valence-corrected chi connectivity index (χ3v) is 14.0. The average molecular weight is 891 g/mol. The van der Waals surface area contributed by atoms with Gasteiger partial charge in [-0.1, -0.05) is 57.8 Å². The lowest BCUT2D eigenvalue weighted by atomic mass is 9.89. The van der Waals surface area contributed by atoms with E-state index in [0.717, 1.165) is 77.7 Å². The summed E-state index contributed by atoms with van der Waals surface area (Å²) in [6.45, 7) is 18.7. The van der Waals surface area contributed by atoms with Gasteiger partial charge >= 0.3 is 23.6 Å². The van der Waals surface area contributed by atoms with E-state index in [9.17, 15) is 19.2 Å². The summed E-state index contributed by atoms with van der Waals surface area (Å²) in [6, 6.07) is 12.9. The molecule has 2 aliphatic heterocycles. The van der Waals surface area contributed by atoms with Gasteiger partial charge in [0.05, 0.1) is 52.1 Å². The monoisotopic (exact) mass is 890 g/mol. The number of carbonyl (C=O) groups is 4. The molecule has 6 aromatic rings. The Morgan fingerprint density at radius 3 is 1.86 bits per heavy atom. The van der Waals surface area contributed by atoms with E-state index < -0.39 is 31.7 Å². The number of benzene rings is 2. The molecular weight excluding hydrogens is 829 g/mol. The largest absolute Gasteiger partial charge is 0.383 e. The van der Waals surface area contributed by atoms with Crippen molar-refractivity contribution in [2.45, 2.75) is 111 Å². The number of hydrogen-bond acceptors (Lipinski definition) is 10. The fourth-order valence-electron chi connectivity index (χ4n) is 8.64. The summed E-state index contributed by atoms with van der Waals surface area (Å²) >= 11 is 0. The number of amides is 4. The number of aryl methyl sites for hydroxylation is 2. The first-order valence-corrected chi connectivity index (χ1v) is 26.1. The van der Waals surface area contributed by atoms with Crippen LogP contribution in [0.5, 0.6) is 0 Å². The van der Waals surface area contributed by atoms with E-state index in [1.54, 1.807) is 20.7 Å². The van der Waals surface area contributed by atoms with Gasteiger partial charge in [-0.15, -0.1) is 0 Å². The Morgan fingerprint density at radius 2 is 1.34 bits per heavy atom. The molecule has 64 heavy (non-hydrogen) atoms. The number of primary amides is 1. The van der Waals surface area contributed by atoms with Crippen molar-refractivity contribution >= 4 is 75.9 Å². The standard InChI is InChI=1S/C29H40N8O3Si.C17H22N4O2/c1-6-35-17-21-9-8-20(13-23(21)34-35)25-10-7-19(2)16-36(25)29(39)28(38)33-24-15-31-27(30)22-14-32-37(26(22)24)18-40-11-12-41(3,4)5;1-3-20-10-13-6-5-12(8-14(13)19-20)15-7-4-11(2)9-21(15)17(23)16(18)22/h8-9,13-15,17,19,25H,6-7,10-12,16,18H2,1-5H3,(H2,30,31)(H,33,38);5-6,8,10-11,15H,3-4,7,9H2,1-2H3,(H2,18,22)/t19-,25+;11-,15+/m00/s1. The summed E-state index contributed by atoms with van der Waals surface area (Å²) in [5, 5.41) is 19.1. The third-order valence-electron chi connectivity index (χ3n) is 12.3. The molecule has 0 saturated carbocycles. The zero-order chi connectivity index (χ0) is 45.9. The summed E-state index contributed by atoms with van der Waals surface area (Å²) in [7, 11) is -1.24. The first-order valence-electron chi connectivity index (χ1n) is 22.4. The molecular formula is C46H62N12O5Si. The quantitative estimate of drug-likeness (QED) is 0.0774. The molecule has 2 aromatic carbocycles. The predicted octanol–water partition coefficient (Wildman–Crippen LogP) is 6.47. The minimum Gasteiger partial charge on any atom is -0.383 e. The summed E-state index contributed by atoms with van der Waals surface area (Å²) in [6.07, 6.45) is 10.7. The number of nitrogens with one attached hydrogen (secondary N) is 1. The number of piperidine rings is 2. The fraction of sp³-hybridized carbons (Fsp3) is 0.478. The number of nitrogen functional groups attached to an aromatic ring is 1. The van der Waals surface area contributed by atoms with Crippen LogP contribution in [-0.2, 0) is 43.7 Å². The van der Waals surface area contributed by atoms with Crippen molar-refractivity contribution in [3.63, 3.8) is 0 Å². The Hall–Kier alpha value is -6.14. The molecule has 4 atom stereocenters. The molecule has 8 rings (SSSR count). The maximum absolute atomic E-state index is 13.7. The first kappa shape index (κ1) is 45.9. The van der Waals surface area contributed by atoms with Gasteiger partial charge in [-0.25, -0.2) is 9.67 Å². The second-order valence-corrected chi connectivity index (χ2v) is 24.2. The predicted molar refractivity (Wildman–Crippen MR) is 250 cm³/mol. The maximum atomic E-state index is 13.7. The van der Waals surface area contributed by atoms with Crippen LogP contribution in [0.15, 0.2) is 61.2 Å². The van der Waals surface area contributed by atoms with Gasteiger partial charge in [0.25, 0.3) is 0 Å². The highest BCUT2D eigenvalue weighted by Gasteiger charge is 2.36. The molecule has 4 aromatic heterocycles. The Balaban J connectivity index is 0.000000225. The van der Waals surface area contributed by atoms with Crippen LogP contribution in [0.2, 0.25) is 25.7 Å². The normalized spacial score (nSPS) is 19.2. The van der Waals surface area contributed by atoms with Gasteiger partial charge in [0.15, 0.2) is 0 Å². The van der Waals surface area contributed by atoms with Crippen molar-refractivity contribution in [1.82, 2.24) is 44.1 Å².